The number of nitrogens with one attached hydrogen (secondary N) is 2. The van der Waals surface area contributed by atoms with Gasteiger partial charge in [-0.15, -0.1) is 0 Å². The SMILES string of the molecule is CCCCOc1ccc(CNC(=O)[C@@H](CCCN)NC(=O)OC(C)(C)C)cc1. The van der Waals surface area contributed by atoms with Gasteiger partial charge in [0.2, 0.25) is 5.91 Å². The number of amides is 2. The molecule has 2 amide bonds. The highest BCUT2D eigenvalue weighted by atomic mass is 16.6. The van der Waals surface area contributed by atoms with Crippen LogP contribution >= 0.6 is 0 Å². The van der Waals surface area contributed by atoms with E-state index in [1.54, 1.807) is 20.8 Å². The molecule has 0 fully saturated rings. The highest BCUT2D eigenvalue weighted by Crippen LogP contribution is 2.13. The van der Waals surface area contributed by atoms with Crippen LogP contribution in [0.1, 0.15) is 58.9 Å². The fourth-order valence-corrected chi connectivity index (χ4v) is 2.39. The van der Waals surface area contributed by atoms with Crippen molar-refractivity contribution in [2.45, 2.75) is 71.6 Å². The maximum absolute atomic E-state index is 12.5. The van der Waals surface area contributed by atoms with Crippen molar-refractivity contribution in [3.05, 3.63) is 29.8 Å². The predicted octanol–water partition coefficient (Wildman–Crippen LogP) is 3.11. The van der Waals surface area contributed by atoms with Crippen LogP contribution in [-0.4, -0.2) is 36.8 Å². The zero-order valence-corrected chi connectivity index (χ0v) is 17.5. The van der Waals surface area contributed by atoms with Crippen molar-refractivity contribution in [3.63, 3.8) is 0 Å². The maximum Gasteiger partial charge on any atom is 0.408 e. The molecule has 0 aliphatic rings. The van der Waals surface area contributed by atoms with Gasteiger partial charge in [-0.25, -0.2) is 4.79 Å². The number of carbonyl (C=O) groups is 2. The molecular weight excluding hydrogens is 358 g/mol. The van der Waals surface area contributed by atoms with E-state index in [1.807, 2.05) is 24.3 Å². The average molecular weight is 394 g/mol. The Morgan fingerprint density at radius 2 is 1.82 bits per heavy atom. The van der Waals surface area contributed by atoms with Gasteiger partial charge in [-0.05, 0) is 64.3 Å². The number of nitrogens with two attached hydrogens (primary N) is 1. The normalized spacial score (nSPS) is 12.2. The Morgan fingerprint density at radius 3 is 2.39 bits per heavy atom. The summed E-state index contributed by atoms with van der Waals surface area (Å²) in [6.45, 7) is 8.95. The zero-order valence-electron chi connectivity index (χ0n) is 17.5. The summed E-state index contributed by atoms with van der Waals surface area (Å²) in [7, 11) is 0. The van der Waals surface area contributed by atoms with Crippen molar-refractivity contribution < 1.29 is 19.1 Å². The number of ether oxygens (including phenoxy) is 2. The van der Waals surface area contributed by atoms with Crippen molar-refractivity contribution >= 4 is 12.0 Å². The summed E-state index contributed by atoms with van der Waals surface area (Å²) < 4.78 is 10.9. The van der Waals surface area contributed by atoms with Gasteiger partial charge in [0.15, 0.2) is 0 Å². The second kappa shape index (κ2) is 12.2. The Labute approximate surface area is 168 Å². The first-order valence-electron chi connectivity index (χ1n) is 9.94. The molecule has 0 bridgehead atoms. The lowest BCUT2D eigenvalue weighted by atomic mass is 10.1. The Balaban J connectivity index is 2.56. The van der Waals surface area contributed by atoms with E-state index in [2.05, 4.69) is 17.6 Å². The molecule has 4 N–H and O–H groups in total. The molecule has 0 radical (unpaired) electrons. The number of carbonyl (C=O) groups excluding carboxylic acids is 2. The smallest absolute Gasteiger partial charge is 0.408 e. The molecule has 0 aliphatic heterocycles. The van der Waals surface area contributed by atoms with Gasteiger partial charge in [-0.2, -0.15) is 0 Å². The van der Waals surface area contributed by atoms with E-state index >= 15 is 0 Å². The summed E-state index contributed by atoms with van der Waals surface area (Å²) in [6.07, 6.45) is 2.57. The van der Waals surface area contributed by atoms with Gasteiger partial charge in [0, 0.05) is 6.54 Å². The van der Waals surface area contributed by atoms with Crippen molar-refractivity contribution in [1.82, 2.24) is 10.6 Å². The Hall–Kier alpha value is -2.28. The van der Waals surface area contributed by atoms with Crippen LogP contribution in [0.25, 0.3) is 0 Å². The van der Waals surface area contributed by atoms with Gasteiger partial charge in [-0.3, -0.25) is 4.79 Å². The topological polar surface area (TPSA) is 103 Å². The number of alkyl carbamates (subject to hydrolysis) is 1. The second-order valence-corrected chi connectivity index (χ2v) is 7.69. The highest BCUT2D eigenvalue weighted by molar-refractivity contribution is 5.85. The van der Waals surface area contributed by atoms with Crippen LogP contribution < -0.4 is 21.1 Å². The molecule has 0 saturated carbocycles. The first-order chi connectivity index (χ1) is 13.2. The molecule has 0 saturated heterocycles. The van der Waals surface area contributed by atoms with Crippen LogP contribution in [0, 0.1) is 0 Å². The number of unbranched alkanes of at least 4 members (excludes halogenated alkanes) is 1. The van der Waals surface area contributed by atoms with Gasteiger partial charge in [0.1, 0.15) is 17.4 Å². The fraction of sp³-hybridized carbons (Fsp3) is 0.619. The molecule has 7 nitrogen and oxygen atoms in total. The van der Waals surface area contributed by atoms with E-state index in [9.17, 15) is 9.59 Å². The molecule has 0 aliphatic carbocycles. The third-order valence-corrected chi connectivity index (χ3v) is 3.86. The minimum atomic E-state index is -0.685. The first kappa shape index (κ1) is 23.8. The monoisotopic (exact) mass is 393 g/mol. The molecule has 7 heteroatoms. The lowest BCUT2D eigenvalue weighted by Gasteiger charge is -2.23. The molecule has 28 heavy (non-hydrogen) atoms. The van der Waals surface area contributed by atoms with Gasteiger partial charge in [-0.1, -0.05) is 25.5 Å². The molecule has 1 rings (SSSR count). The number of hydrogen-bond acceptors (Lipinski definition) is 5. The molecule has 1 aromatic rings. The largest absolute Gasteiger partial charge is 0.494 e. The minimum Gasteiger partial charge on any atom is -0.494 e. The maximum atomic E-state index is 12.5. The lowest BCUT2D eigenvalue weighted by Crippen LogP contribution is -2.48. The van der Waals surface area contributed by atoms with E-state index in [4.69, 9.17) is 15.2 Å². The molecule has 158 valence electrons. The number of hydrogen-bond donors (Lipinski definition) is 3. The molecule has 1 atom stereocenters. The van der Waals surface area contributed by atoms with Crippen LogP contribution in [0.2, 0.25) is 0 Å². The summed E-state index contributed by atoms with van der Waals surface area (Å²) >= 11 is 0. The van der Waals surface area contributed by atoms with Gasteiger partial charge in [0.05, 0.1) is 6.61 Å². The summed E-state index contributed by atoms with van der Waals surface area (Å²) in [5, 5.41) is 5.49. The van der Waals surface area contributed by atoms with Crippen LogP contribution in [0.15, 0.2) is 24.3 Å². The fourth-order valence-electron chi connectivity index (χ4n) is 2.39. The highest BCUT2D eigenvalue weighted by Gasteiger charge is 2.23. The van der Waals surface area contributed by atoms with Gasteiger partial charge >= 0.3 is 6.09 Å². The van der Waals surface area contributed by atoms with Crippen molar-refractivity contribution in [1.29, 1.82) is 0 Å². The number of rotatable bonds is 11. The van der Waals surface area contributed by atoms with E-state index in [-0.39, 0.29) is 5.91 Å². The summed E-state index contributed by atoms with van der Waals surface area (Å²) in [5.74, 6) is 0.554. The quantitative estimate of drug-likeness (QED) is 0.501. The average Bonchev–Trinajstić information content (AvgIpc) is 2.63. The van der Waals surface area contributed by atoms with Crippen LogP contribution in [0.5, 0.6) is 5.75 Å². The molecule has 0 aromatic heterocycles. The van der Waals surface area contributed by atoms with Crippen molar-refractivity contribution in [2.24, 2.45) is 5.73 Å². The van der Waals surface area contributed by atoms with Crippen LogP contribution in [0.4, 0.5) is 4.79 Å². The summed E-state index contributed by atoms with van der Waals surface area (Å²) in [6, 6.07) is 6.93. The molecule has 1 aromatic carbocycles. The zero-order chi connectivity index (χ0) is 21.0. The van der Waals surface area contributed by atoms with E-state index < -0.39 is 17.7 Å². The van der Waals surface area contributed by atoms with Crippen molar-refractivity contribution in [2.75, 3.05) is 13.2 Å². The molecular formula is C21H35N3O4. The number of benzene rings is 1. The van der Waals surface area contributed by atoms with Gasteiger partial charge in [0.25, 0.3) is 0 Å². The molecule has 0 unspecified atom stereocenters. The van der Waals surface area contributed by atoms with E-state index in [0.29, 0.717) is 32.5 Å². The standard InChI is InChI=1S/C21H35N3O4/c1-5-6-14-27-17-11-9-16(10-12-17)15-23-19(25)18(8-7-13-22)24-20(26)28-21(2,3)4/h9-12,18H,5-8,13-15,22H2,1-4H3,(H,23,25)(H,24,26)/t18-/m1/s1. The second-order valence-electron chi connectivity index (χ2n) is 7.69. The molecule has 0 heterocycles. The first-order valence-corrected chi connectivity index (χ1v) is 9.94. The van der Waals surface area contributed by atoms with E-state index in [0.717, 1.165) is 24.2 Å². The summed E-state index contributed by atoms with van der Waals surface area (Å²) in [4.78, 5) is 24.5. The Kier molecular flexibility index (Phi) is 10.4. The third kappa shape index (κ3) is 10.2. The minimum absolute atomic E-state index is 0.261. The van der Waals surface area contributed by atoms with Gasteiger partial charge < -0.3 is 25.8 Å². The third-order valence-electron chi connectivity index (χ3n) is 3.86. The Bertz CT molecular complexity index is 597. The van der Waals surface area contributed by atoms with Crippen LogP contribution in [0.3, 0.4) is 0 Å². The van der Waals surface area contributed by atoms with Crippen molar-refractivity contribution in [3.8, 4) is 5.75 Å². The lowest BCUT2D eigenvalue weighted by molar-refractivity contribution is -0.123. The molecule has 0 spiro atoms. The Morgan fingerprint density at radius 1 is 1.14 bits per heavy atom. The summed E-state index contributed by atoms with van der Waals surface area (Å²) in [5.41, 5.74) is 5.87. The van der Waals surface area contributed by atoms with Crippen LogP contribution in [-0.2, 0) is 16.1 Å². The van der Waals surface area contributed by atoms with E-state index in [1.165, 1.54) is 0 Å². The predicted molar refractivity (Wildman–Crippen MR) is 110 cm³/mol.